The van der Waals surface area contributed by atoms with Crippen LogP contribution >= 0.6 is 31.9 Å². The standard InChI is InChI=1S/C29H27Br2N2/c1-4-32(2)27-16-5-21(6-17-27)7-18-28-19-24(22-8-12-25(30)13-9-22)20-29(33(28)3)23-10-14-26(31)15-11-23/h5-20H,4H2,1-3H3/q+1. The summed E-state index contributed by atoms with van der Waals surface area (Å²) in [6.45, 7) is 3.15. The second-order valence-electron chi connectivity index (χ2n) is 8.07. The van der Waals surface area contributed by atoms with Gasteiger partial charge in [0, 0.05) is 52.0 Å². The van der Waals surface area contributed by atoms with Gasteiger partial charge < -0.3 is 4.90 Å². The summed E-state index contributed by atoms with van der Waals surface area (Å²) >= 11 is 7.10. The highest BCUT2D eigenvalue weighted by molar-refractivity contribution is 9.10. The van der Waals surface area contributed by atoms with Crippen molar-refractivity contribution in [3.63, 3.8) is 0 Å². The van der Waals surface area contributed by atoms with E-state index in [9.17, 15) is 0 Å². The van der Waals surface area contributed by atoms with Crippen molar-refractivity contribution in [3.8, 4) is 22.4 Å². The Morgan fingerprint density at radius 3 is 1.88 bits per heavy atom. The molecule has 0 bridgehead atoms. The Labute approximate surface area is 213 Å². The zero-order valence-corrected chi connectivity index (χ0v) is 22.3. The van der Waals surface area contributed by atoms with E-state index in [1.165, 1.54) is 33.6 Å². The van der Waals surface area contributed by atoms with Gasteiger partial charge in [0.2, 0.25) is 11.4 Å². The van der Waals surface area contributed by atoms with Gasteiger partial charge in [0.05, 0.1) is 0 Å². The summed E-state index contributed by atoms with van der Waals surface area (Å²) in [6, 6.07) is 30.2. The van der Waals surface area contributed by atoms with Crippen molar-refractivity contribution in [1.82, 2.24) is 0 Å². The minimum Gasteiger partial charge on any atom is -0.375 e. The van der Waals surface area contributed by atoms with Crippen LogP contribution in [0.25, 0.3) is 34.5 Å². The van der Waals surface area contributed by atoms with Gasteiger partial charge in [0.25, 0.3) is 0 Å². The minimum absolute atomic E-state index is 0.993. The molecule has 1 aromatic heterocycles. The van der Waals surface area contributed by atoms with E-state index in [0.717, 1.165) is 21.2 Å². The first kappa shape index (κ1) is 23.5. The number of hydrogen-bond acceptors (Lipinski definition) is 1. The van der Waals surface area contributed by atoms with Gasteiger partial charge in [-0.3, -0.25) is 0 Å². The highest BCUT2D eigenvalue weighted by Crippen LogP contribution is 2.28. The number of nitrogens with zero attached hydrogens (tertiary/aromatic N) is 2. The van der Waals surface area contributed by atoms with Crippen molar-refractivity contribution in [2.75, 3.05) is 18.5 Å². The van der Waals surface area contributed by atoms with Gasteiger partial charge in [0.1, 0.15) is 7.05 Å². The molecule has 4 aromatic rings. The first-order valence-electron chi connectivity index (χ1n) is 11.0. The molecule has 0 unspecified atom stereocenters. The third-order valence-corrected chi connectivity index (χ3v) is 6.97. The number of pyridine rings is 1. The summed E-state index contributed by atoms with van der Waals surface area (Å²) in [7, 11) is 4.24. The number of rotatable bonds is 6. The fraction of sp³-hybridized carbons (Fsp3) is 0.138. The van der Waals surface area contributed by atoms with E-state index in [-0.39, 0.29) is 0 Å². The molecule has 0 radical (unpaired) electrons. The number of halogens is 2. The Morgan fingerprint density at radius 1 is 0.727 bits per heavy atom. The number of benzene rings is 3. The Balaban J connectivity index is 1.76. The van der Waals surface area contributed by atoms with Crippen LogP contribution in [-0.2, 0) is 7.05 Å². The average Bonchev–Trinajstić information content (AvgIpc) is 2.84. The summed E-state index contributed by atoms with van der Waals surface area (Å²) < 4.78 is 4.41. The molecule has 4 rings (SSSR count). The van der Waals surface area contributed by atoms with E-state index in [2.05, 4.69) is 159 Å². The largest absolute Gasteiger partial charge is 0.375 e. The lowest BCUT2D eigenvalue weighted by Gasteiger charge is -2.16. The predicted octanol–water partition coefficient (Wildman–Crippen LogP) is 8.00. The third kappa shape index (κ3) is 5.63. The molecule has 0 N–H and O–H groups in total. The van der Waals surface area contributed by atoms with Gasteiger partial charge in [-0.15, -0.1) is 0 Å². The van der Waals surface area contributed by atoms with Crippen LogP contribution in [0.4, 0.5) is 5.69 Å². The highest BCUT2D eigenvalue weighted by Gasteiger charge is 2.16. The van der Waals surface area contributed by atoms with Crippen LogP contribution in [0.1, 0.15) is 18.2 Å². The molecule has 4 heteroatoms. The zero-order chi connectivity index (χ0) is 23.4. The van der Waals surface area contributed by atoms with Crippen LogP contribution in [0, 0.1) is 0 Å². The van der Waals surface area contributed by atoms with E-state index in [0.29, 0.717) is 0 Å². The normalized spacial score (nSPS) is 11.2. The topological polar surface area (TPSA) is 7.12 Å². The summed E-state index contributed by atoms with van der Waals surface area (Å²) in [4.78, 5) is 2.24. The fourth-order valence-electron chi connectivity index (χ4n) is 3.75. The monoisotopic (exact) mass is 561 g/mol. The molecule has 0 aliphatic carbocycles. The summed E-state index contributed by atoms with van der Waals surface area (Å²) in [5.74, 6) is 0. The van der Waals surface area contributed by atoms with E-state index in [1.54, 1.807) is 0 Å². The Morgan fingerprint density at radius 2 is 1.30 bits per heavy atom. The maximum absolute atomic E-state index is 3.55. The van der Waals surface area contributed by atoms with Crippen molar-refractivity contribution in [2.45, 2.75) is 6.92 Å². The van der Waals surface area contributed by atoms with Crippen LogP contribution in [0.15, 0.2) is 93.9 Å². The van der Waals surface area contributed by atoms with Crippen LogP contribution in [0.2, 0.25) is 0 Å². The lowest BCUT2D eigenvalue weighted by atomic mass is 10.0. The molecular formula is C29H27Br2N2+. The van der Waals surface area contributed by atoms with Gasteiger partial charge in [-0.2, -0.15) is 4.57 Å². The molecular weight excluding hydrogens is 536 g/mol. The van der Waals surface area contributed by atoms with Crippen LogP contribution < -0.4 is 9.47 Å². The molecule has 0 saturated heterocycles. The molecule has 166 valence electrons. The first-order chi connectivity index (χ1) is 15.9. The molecule has 0 aliphatic heterocycles. The summed E-state index contributed by atoms with van der Waals surface area (Å²) in [6.07, 6.45) is 4.38. The molecule has 0 saturated carbocycles. The number of anilines is 1. The number of hydrogen-bond donors (Lipinski definition) is 0. The van der Waals surface area contributed by atoms with Crippen molar-refractivity contribution >= 4 is 49.7 Å². The molecule has 3 aromatic carbocycles. The molecule has 0 fully saturated rings. The third-order valence-electron chi connectivity index (χ3n) is 5.92. The van der Waals surface area contributed by atoms with Gasteiger partial charge in [-0.1, -0.05) is 56.1 Å². The molecule has 1 heterocycles. The van der Waals surface area contributed by atoms with Crippen molar-refractivity contribution in [1.29, 1.82) is 0 Å². The van der Waals surface area contributed by atoms with Gasteiger partial charge in [-0.05, 0) is 78.2 Å². The predicted molar refractivity (Wildman–Crippen MR) is 148 cm³/mol. The van der Waals surface area contributed by atoms with Crippen LogP contribution in [0.3, 0.4) is 0 Å². The summed E-state index contributed by atoms with van der Waals surface area (Å²) in [5, 5.41) is 0. The van der Waals surface area contributed by atoms with E-state index in [4.69, 9.17) is 0 Å². The smallest absolute Gasteiger partial charge is 0.213 e. The fourth-order valence-corrected chi connectivity index (χ4v) is 4.28. The van der Waals surface area contributed by atoms with Crippen molar-refractivity contribution < 1.29 is 4.57 Å². The zero-order valence-electron chi connectivity index (χ0n) is 19.1. The Bertz CT molecular complexity index is 1260. The van der Waals surface area contributed by atoms with E-state index < -0.39 is 0 Å². The lowest BCUT2D eigenvalue weighted by molar-refractivity contribution is -0.662. The maximum atomic E-state index is 3.55. The number of aromatic nitrogens is 1. The van der Waals surface area contributed by atoms with E-state index in [1.807, 2.05) is 0 Å². The second kappa shape index (κ2) is 10.5. The molecule has 0 aliphatic rings. The van der Waals surface area contributed by atoms with Gasteiger partial charge in [-0.25, -0.2) is 0 Å². The average molecular weight is 563 g/mol. The molecule has 0 atom stereocenters. The quantitative estimate of drug-likeness (QED) is 0.216. The first-order valence-corrected chi connectivity index (χ1v) is 12.6. The second-order valence-corrected chi connectivity index (χ2v) is 9.90. The summed E-state index contributed by atoms with van der Waals surface area (Å²) in [5.41, 5.74) is 8.29. The van der Waals surface area contributed by atoms with Gasteiger partial charge in [0.15, 0.2) is 0 Å². The molecule has 0 amide bonds. The molecule has 2 nitrogen and oxygen atoms in total. The van der Waals surface area contributed by atoms with Crippen LogP contribution in [-0.4, -0.2) is 13.6 Å². The van der Waals surface area contributed by atoms with Gasteiger partial charge >= 0.3 is 0 Å². The Hall–Kier alpha value is -2.69. The SMILES string of the molecule is CCN(C)c1ccc(C=Cc2cc(-c3ccc(Br)cc3)cc(-c3ccc(Br)cc3)[n+]2C)cc1. The Kier molecular flexibility index (Phi) is 7.46. The molecule has 0 spiro atoms. The lowest BCUT2D eigenvalue weighted by Crippen LogP contribution is -2.34. The van der Waals surface area contributed by atoms with Crippen molar-refractivity contribution in [2.24, 2.45) is 7.05 Å². The minimum atomic E-state index is 0.993. The molecule has 33 heavy (non-hydrogen) atoms. The maximum Gasteiger partial charge on any atom is 0.213 e. The van der Waals surface area contributed by atoms with Crippen molar-refractivity contribution in [3.05, 3.63) is 105 Å². The van der Waals surface area contributed by atoms with Crippen LogP contribution in [0.5, 0.6) is 0 Å². The van der Waals surface area contributed by atoms with E-state index >= 15 is 0 Å². The highest BCUT2D eigenvalue weighted by atomic mass is 79.9.